The second kappa shape index (κ2) is 8.57. The van der Waals surface area contributed by atoms with Crippen molar-refractivity contribution in [2.45, 2.75) is 6.54 Å². The third-order valence-corrected chi connectivity index (χ3v) is 4.56. The summed E-state index contributed by atoms with van der Waals surface area (Å²) in [5.74, 6) is 0.0649. The molecule has 0 unspecified atom stereocenters. The van der Waals surface area contributed by atoms with Gasteiger partial charge in [0, 0.05) is 24.5 Å². The van der Waals surface area contributed by atoms with E-state index in [1.165, 1.54) is 12.1 Å². The summed E-state index contributed by atoms with van der Waals surface area (Å²) < 4.78 is 20.2. The monoisotopic (exact) mass is 402 g/mol. The Morgan fingerprint density at radius 2 is 1.93 bits per heavy atom. The number of hydrogen-bond donors (Lipinski definition) is 1. The molecule has 30 heavy (non-hydrogen) atoms. The van der Waals surface area contributed by atoms with E-state index in [-0.39, 0.29) is 17.4 Å². The molecule has 1 amide bonds. The summed E-state index contributed by atoms with van der Waals surface area (Å²) in [4.78, 5) is 16.9. The third kappa shape index (κ3) is 4.20. The van der Waals surface area contributed by atoms with Crippen LogP contribution in [0.1, 0.15) is 16.1 Å². The number of hydrogen-bond acceptors (Lipinski definition) is 4. The fraction of sp³-hybridized carbons (Fsp3) is 0.0870. The molecule has 0 fully saturated rings. The number of rotatable bonds is 6. The number of benzene rings is 2. The lowest BCUT2D eigenvalue weighted by molar-refractivity contribution is 0.0945. The number of aromatic nitrogens is 3. The van der Waals surface area contributed by atoms with Crippen LogP contribution >= 0.6 is 0 Å². The Hall–Kier alpha value is -4.00. The second-order valence-electron chi connectivity index (χ2n) is 6.58. The summed E-state index contributed by atoms with van der Waals surface area (Å²) >= 11 is 0. The van der Waals surface area contributed by atoms with Gasteiger partial charge in [0.2, 0.25) is 0 Å². The minimum Gasteiger partial charge on any atom is -0.497 e. The molecule has 1 N–H and O–H groups in total. The Morgan fingerprint density at radius 3 is 2.67 bits per heavy atom. The van der Waals surface area contributed by atoms with Gasteiger partial charge >= 0.3 is 0 Å². The average molecular weight is 402 g/mol. The molecule has 0 saturated heterocycles. The van der Waals surface area contributed by atoms with Crippen LogP contribution in [0.5, 0.6) is 5.75 Å². The number of carbonyl (C=O) groups is 1. The number of pyridine rings is 1. The quantitative estimate of drug-likeness (QED) is 0.529. The fourth-order valence-electron chi connectivity index (χ4n) is 3.05. The number of methoxy groups -OCH3 is 1. The van der Waals surface area contributed by atoms with Crippen LogP contribution in [-0.4, -0.2) is 27.8 Å². The first-order valence-electron chi connectivity index (χ1n) is 9.31. The average Bonchev–Trinajstić information content (AvgIpc) is 3.24. The van der Waals surface area contributed by atoms with E-state index in [4.69, 9.17) is 4.74 Å². The normalized spacial score (nSPS) is 10.6. The summed E-state index contributed by atoms with van der Waals surface area (Å²) in [6.45, 7) is 0.335. The molecule has 0 aliphatic carbocycles. The van der Waals surface area contributed by atoms with E-state index < -0.39 is 0 Å². The van der Waals surface area contributed by atoms with Crippen molar-refractivity contribution in [2.24, 2.45) is 0 Å². The van der Waals surface area contributed by atoms with Gasteiger partial charge in [-0.1, -0.05) is 12.1 Å². The molecular formula is C23H19FN4O2. The van der Waals surface area contributed by atoms with Gasteiger partial charge < -0.3 is 10.1 Å². The zero-order valence-electron chi connectivity index (χ0n) is 16.2. The predicted octanol–water partition coefficient (Wildman–Crippen LogP) is 4.01. The van der Waals surface area contributed by atoms with Crippen LogP contribution in [0.2, 0.25) is 0 Å². The van der Waals surface area contributed by atoms with E-state index in [0.717, 1.165) is 16.9 Å². The number of nitrogens with zero attached hydrogens (tertiary/aromatic N) is 3. The van der Waals surface area contributed by atoms with Crippen LogP contribution in [0.3, 0.4) is 0 Å². The Labute approximate surface area is 173 Å². The van der Waals surface area contributed by atoms with Crippen molar-refractivity contribution >= 4 is 5.91 Å². The number of halogens is 1. The molecule has 0 saturated carbocycles. The van der Waals surface area contributed by atoms with Crippen LogP contribution in [0.4, 0.5) is 4.39 Å². The first-order valence-corrected chi connectivity index (χ1v) is 9.31. The van der Waals surface area contributed by atoms with E-state index >= 15 is 0 Å². The minimum atomic E-state index is -0.343. The maximum atomic E-state index is 13.4. The lowest BCUT2D eigenvalue weighted by Gasteiger charge is -2.07. The molecule has 0 spiro atoms. The predicted molar refractivity (Wildman–Crippen MR) is 111 cm³/mol. The van der Waals surface area contributed by atoms with Gasteiger partial charge in [-0.05, 0) is 60.2 Å². The van der Waals surface area contributed by atoms with E-state index in [1.54, 1.807) is 48.5 Å². The van der Waals surface area contributed by atoms with Gasteiger partial charge in [0.15, 0.2) is 5.69 Å². The Kier molecular flexibility index (Phi) is 5.52. The third-order valence-electron chi connectivity index (χ3n) is 4.56. The molecule has 6 nitrogen and oxygen atoms in total. The Balaban J connectivity index is 1.63. The van der Waals surface area contributed by atoms with Gasteiger partial charge in [0.25, 0.3) is 5.91 Å². The number of carbonyl (C=O) groups excluding carboxylic acids is 1. The van der Waals surface area contributed by atoms with Gasteiger partial charge in [-0.3, -0.25) is 9.78 Å². The summed E-state index contributed by atoms with van der Waals surface area (Å²) in [7, 11) is 1.60. The minimum absolute atomic E-state index is 0.251. The molecule has 150 valence electrons. The molecule has 2 aromatic carbocycles. The highest BCUT2D eigenvalue weighted by Crippen LogP contribution is 2.24. The molecule has 0 aliphatic heterocycles. The number of ether oxygens (including phenoxy) is 1. The first kappa shape index (κ1) is 19.3. The maximum absolute atomic E-state index is 13.4. The summed E-state index contributed by atoms with van der Waals surface area (Å²) in [5.41, 5.74) is 3.28. The van der Waals surface area contributed by atoms with E-state index in [0.29, 0.717) is 17.9 Å². The highest BCUT2D eigenvalue weighted by atomic mass is 19.1. The first-order chi connectivity index (χ1) is 14.6. The largest absolute Gasteiger partial charge is 0.497 e. The molecule has 7 heteroatoms. The highest BCUT2D eigenvalue weighted by Gasteiger charge is 2.17. The van der Waals surface area contributed by atoms with Crippen molar-refractivity contribution in [2.75, 3.05) is 7.11 Å². The van der Waals surface area contributed by atoms with Crippen molar-refractivity contribution in [1.29, 1.82) is 0 Å². The molecule has 4 aromatic rings. The number of amides is 1. The van der Waals surface area contributed by atoms with Gasteiger partial charge in [0.05, 0.1) is 18.5 Å². The van der Waals surface area contributed by atoms with E-state index in [1.807, 2.05) is 30.3 Å². The number of nitrogens with one attached hydrogen (secondary N) is 1. The SMILES string of the molecule is COc1cccc(CNC(=O)c2cc(-c3cccnc3)n(-c3ccc(F)cc3)n2)c1. The van der Waals surface area contributed by atoms with Crippen LogP contribution in [0.15, 0.2) is 79.1 Å². The van der Waals surface area contributed by atoms with E-state index in [9.17, 15) is 9.18 Å². The van der Waals surface area contributed by atoms with Crippen LogP contribution in [-0.2, 0) is 6.54 Å². The fourth-order valence-corrected chi connectivity index (χ4v) is 3.05. The van der Waals surface area contributed by atoms with Crippen LogP contribution < -0.4 is 10.1 Å². The molecular weight excluding hydrogens is 383 g/mol. The van der Waals surface area contributed by atoms with Crippen LogP contribution in [0, 0.1) is 5.82 Å². The molecule has 0 aliphatic rings. The zero-order chi connectivity index (χ0) is 20.9. The molecule has 2 aromatic heterocycles. The second-order valence-corrected chi connectivity index (χ2v) is 6.58. The van der Waals surface area contributed by atoms with Gasteiger partial charge in [-0.2, -0.15) is 5.10 Å². The Morgan fingerprint density at radius 1 is 1.10 bits per heavy atom. The van der Waals surface area contributed by atoms with Crippen molar-refractivity contribution in [1.82, 2.24) is 20.1 Å². The molecule has 0 radical (unpaired) electrons. The van der Waals surface area contributed by atoms with Gasteiger partial charge in [-0.15, -0.1) is 0 Å². The van der Waals surface area contributed by atoms with Crippen molar-refractivity contribution in [3.05, 3.63) is 96.2 Å². The van der Waals surface area contributed by atoms with Crippen LogP contribution in [0.25, 0.3) is 16.9 Å². The van der Waals surface area contributed by atoms with Crippen molar-refractivity contribution in [3.8, 4) is 22.7 Å². The molecule has 0 atom stereocenters. The summed E-state index contributed by atoms with van der Waals surface area (Å²) in [6.07, 6.45) is 3.36. The zero-order valence-corrected chi connectivity index (χ0v) is 16.2. The van der Waals surface area contributed by atoms with Gasteiger partial charge in [-0.25, -0.2) is 9.07 Å². The van der Waals surface area contributed by atoms with Crippen molar-refractivity contribution < 1.29 is 13.9 Å². The Bertz CT molecular complexity index is 1160. The lowest BCUT2D eigenvalue weighted by atomic mass is 10.2. The molecule has 4 rings (SSSR count). The maximum Gasteiger partial charge on any atom is 0.272 e. The standard InChI is InChI=1S/C23H19FN4O2/c1-30-20-6-2-4-16(12-20)14-26-23(29)21-13-22(17-5-3-11-25-15-17)28(27-21)19-9-7-18(24)8-10-19/h2-13,15H,14H2,1H3,(H,26,29). The highest BCUT2D eigenvalue weighted by molar-refractivity contribution is 5.93. The van der Waals surface area contributed by atoms with Crippen molar-refractivity contribution in [3.63, 3.8) is 0 Å². The lowest BCUT2D eigenvalue weighted by Crippen LogP contribution is -2.23. The molecule has 0 bridgehead atoms. The summed E-state index contributed by atoms with van der Waals surface area (Å²) in [6, 6.07) is 18.8. The van der Waals surface area contributed by atoms with Gasteiger partial charge in [0.1, 0.15) is 11.6 Å². The summed E-state index contributed by atoms with van der Waals surface area (Å²) in [5, 5.41) is 7.34. The smallest absolute Gasteiger partial charge is 0.272 e. The van der Waals surface area contributed by atoms with E-state index in [2.05, 4.69) is 15.4 Å². The topological polar surface area (TPSA) is 69.0 Å². The molecule has 2 heterocycles.